The summed E-state index contributed by atoms with van der Waals surface area (Å²) in [5.74, 6) is 0.969. The minimum atomic E-state index is -3.59. The molecule has 3 N–H and O–H groups in total. The Kier molecular flexibility index (Phi) is 4.26. The molecule has 0 saturated heterocycles. The molecule has 2 aromatic rings. The predicted octanol–water partition coefficient (Wildman–Crippen LogP) is 0.817. The van der Waals surface area contributed by atoms with E-state index in [-0.39, 0.29) is 11.4 Å². The first-order chi connectivity index (χ1) is 9.44. The average molecular weight is 298 g/mol. The van der Waals surface area contributed by atoms with Crippen molar-refractivity contribution in [3.05, 3.63) is 35.0 Å². The molecule has 0 aliphatic heterocycles. The molecule has 0 radical (unpaired) electrons. The number of hydrogen-bond acceptors (Lipinski definition) is 5. The van der Waals surface area contributed by atoms with Crippen LogP contribution >= 0.6 is 0 Å². The summed E-state index contributed by atoms with van der Waals surface area (Å²) < 4.78 is 32.5. The number of H-pyrrole nitrogens is 1. The van der Waals surface area contributed by atoms with E-state index in [1.807, 2.05) is 6.92 Å². The third-order valence-electron chi connectivity index (χ3n) is 2.95. The fourth-order valence-electron chi connectivity index (χ4n) is 1.86. The van der Waals surface area contributed by atoms with Crippen LogP contribution in [0, 0.1) is 13.8 Å². The Labute approximate surface area is 117 Å². The van der Waals surface area contributed by atoms with Gasteiger partial charge in [0.1, 0.15) is 16.4 Å². The maximum absolute atomic E-state index is 12.3. The molecule has 0 saturated carbocycles. The number of furan rings is 1. The number of hydrogen-bond donors (Lipinski definition) is 3. The smallest absolute Gasteiger partial charge is 0.244 e. The summed E-state index contributed by atoms with van der Waals surface area (Å²) in [5, 5.41) is 9.54. The molecule has 7 nitrogen and oxygen atoms in total. The van der Waals surface area contributed by atoms with E-state index in [9.17, 15) is 8.42 Å². The van der Waals surface area contributed by atoms with Gasteiger partial charge in [0.05, 0.1) is 12.7 Å². The fraction of sp³-hybridized carbons (Fsp3) is 0.417. The Hall–Kier alpha value is -1.64. The molecule has 110 valence electrons. The van der Waals surface area contributed by atoms with Crippen LogP contribution in [0.4, 0.5) is 0 Å². The van der Waals surface area contributed by atoms with Gasteiger partial charge in [0.2, 0.25) is 10.0 Å². The molecule has 0 aliphatic rings. The topological polar surface area (TPSA) is 100 Å². The lowest BCUT2D eigenvalue weighted by Crippen LogP contribution is -2.23. The summed E-state index contributed by atoms with van der Waals surface area (Å²) in [6.07, 6.45) is 1.60. The Morgan fingerprint density at radius 1 is 1.35 bits per heavy atom. The van der Waals surface area contributed by atoms with Gasteiger partial charge in [0, 0.05) is 23.9 Å². The molecule has 0 spiro atoms. The maximum atomic E-state index is 12.3. The number of aromatic nitrogens is 2. The van der Waals surface area contributed by atoms with Crippen LogP contribution in [0.25, 0.3) is 0 Å². The lowest BCUT2D eigenvalue weighted by molar-refractivity contribution is 0.465. The number of aryl methyl sites for hydroxylation is 2. The molecule has 8 heteroatoms. The Bertz CT molecular complexity index is 687. The number of rotatable bonds is 6. The summed E-state index contributed by atoms with van der Waals surface area (Å²) in [6.45, 7) is 4.15. The predicted molar refractivity (Wildman–Crippen MR) is 73.6 cm³/mol. The van der Waals surface area contributed by atoms with Gasteiger partial charge in [-0.2, -0.15) is 5.10 Å². The highest BCUT2D eigenvalue weighted by atomic mass is 32.2. The van der Waals surface area contributed by atoms with Crippen LogP contribution in [0.1, 0.15) is 22.8 Å². The summed E-state index contributed by atoms with van der Waals surface area (Å²) in [7, 11) is -1.82. The first-order valence-electron chi connectivity index (χ1n) is 6.16. The van der Waals surface area contributed by atoms with E-state index in [1.54, 1.807) is 20.2 Å². The lowest BCUT2D eigenvalue weighted by Gasteiger charge is -2.04. The molecule has 0 atom stereocenters. The van der Waals surface area contributed by atoms with Crippen LogP contribution in [0.2, 0.25) is 0 Å². The molecule has 2 aromatic heterocycles. The molecule has 2 rings (SSSR count). The van der Waals surface area contributed by atoms with Crippen LogP contribution < -0.4 is 10.0 Å². The number of nitrogens with one attached hydrogen (secondary N) is 3. The van der Waals surface area contributed by atoms with Crippen molar-refractivity contribution in [1.29, 1.82) is 0 Å². The van der Waals surface area contributed by atoms with E-state index in [4.69, 9.17) is 4.42 Å². The van der Waals surface area contributed by atoms with Crippen molar-refractivity contribution in [2.24, 2.45) is 0 Å². The van der Waals surface area contributed by atoms with Crippen LogP contribution in [-0.4, -0.2) is 25.7 Å². The second kappa shape index (κ2) is 5.78. The van der Waals surface area contributed by atoms with Crippen LogP contribution in [0.3, 0.4) is 0 Å². The third-order valence-corrected chi connectivity index (χ3v) is 4.46. The van der Waals surface area contributed by atoms with Crippen molar-refractivity contribution in [1.82, 2.24) is 20.2 Å². The van der Waals surface area contributed by atoms with Gasteiger partial charge in [-0.3, -0.25) is 5.10 Å². The van der Waals surface area contributed by atoms with Gasteiger partial charge in [-0.25, -0.2) is 13.1 Å². The third kappa shape index (κ3) is 3.09. The molecule has 0 bridgehead atoms. The molecule has 0 amide bonds. The maximum Gasteiger partial charge on any atom is 0.244 e. The first-order valence-corrected chi connectivity index (χ1v) is 7.65. The van der Waals surface area contributed by atoms with Crippen LogP contribution in [-0.2, 0) is 23.1 Å². The van der Waals surface area contributed by atoms with E-state index in [2.05, 4.69) is 20.2 Å². The van der Waals surface area contributed by atoms with E-state index in [0.29, 0.717) is 18.1 Å². The Morgan fingerprint density at radius 3 is 2.70 bits per heavy atom. The van der Waals surface area contributed by atoms with E-state index in [0.717, 1.165) is 11.3 Å². The monoisotopic (exact) mass is 298 g/mol. The largest absolute Gasteiger partial charge is 0.464 e. The SMILES string of the molecule is CNCc1cc(S(=O)(=O)NCc2cn[nH]c2C)c(C)o1. The van der Waals surface area contributed by atoms with Crippen molar-refractivity contribution in [3.8, 4) is 0 Å². The summed E-state index contributed by atoms with van der Waals surface area (Å²) in [5.41, 5.74) is 1.65. The highest BCUT2D eigenvalue weighted by Gasteiger charge is 2.21. The van der Waals surface area contributed by atoms with Gasteiger partial charge in [-0.15, -0.1) is 0 Å². The minimum Gasteiger partial charge on any atom is -0.464 e. The second-order valence-electron chi connectivity index (χ2n) is 4.51. The highest BCUT2D eigenvalue weighted by molar-refractivity contribution is 7.89. The Morgan fingerprint density at radius 2 is 2.10 bits per heavy atom. The van der Waals surface area contributed by atoms with Gasteiger partial charge in [0.25, 0.3) is 0 Å². The standard InChI is InChI=1S/C12H18N4O3S/c1-8-10(5-14-16-8)6-15-20(17,18)12-4-11(7-13-3)19-9(12)2/h4-5,13,15H,6-7H2,1-3H3,(H,14,16). The van der Waals surface area contributed by atoms with E-state index >= 15 is 0 Å². The van der Waals surface area contributed by atoms with E-state index < -0.39 is 10.0 Å². The van der Waals surface area contributed by atoms with Crippen LogP contribution in [0.5, 0.6) is 0 Å². The zero-order valence-corrected chi connectivity index (χ0v) is 12.5. The zero-order chi connectivity index (χ0) is 14.8. The van der Waals surface area contributed by atoms with Gasteiger partial charge < -0.3 is 9.73 Å². The second-order valence-corrected chi connectivity index (χ2v) is 6.24. The lowest BCUT2D eigenvalue weighted by atomic mass is 10.3. The average Bonchev–Trinajstić information content (AvgIpc) is 2.94. The number of nitrogens with zero attached hydrogens (tertiary/aromatic N) is 1. The molecular formula is C12H18N4O3S. The minimum absolute atomic E-state index is 0.170. The zero-order valence-electron chi connectivity index (χ0n) is 11.6. The summed E-state index contributed by atoms with van der Waals surface area (Å²) in [4.78, 5) is 0.170. The van der Waals surface area contributed by atoms with Gasteiger partial charge >= 0.3 is 0 Å². The number of sulfonamides is 1. The molecule has 0 unspecified atom stereocenters. The van der Waals surface area contributed by atoms with E-state index in [1.165, 1.54) is 6.07 Å². The first kappa shape index (κ1) is 14.8. The fourth-order valence-corrected chi connectivity index (χ4v) is 3.06. The normalized spacial score (nSPS) is 11.9. The molecule has 0 aliphatic carbocycles. The quantitative estimate of drug-likeness (QED) is 0.733. The summed E-state index contributed by atoms with van der Waals surface area (Å²) >= 11 is 0. The van der Waals surface area contributed by atoms with Crippen molar-refractivity contribution in [3.63, 3.8) is 0 Å². The van der Waals surface area contributed by atoms with Crippen molar-refractivity contribution in [2.75, 3.05) is 7.05 Å². The molecule has 0 aromatic carbocycles. The molecule has 0 fully saturated rings. The Balaban J connectivity index is 2.16. The van der Waals surface area contributed by atoms with Crippen LogP contribution in [0.15, 0.2) is 21.6 Å². The number of aromatic amines is 1. The molecule has 2 heterocycles. The van der Waals surface area contributed by atoms with Crippen molar-refractivity contribution >= 4 is 10.0 Å². The summed E-state index contributed by atoms with van der Waals surface area (Å²) in [6, 6.07) is 1.54. The van der Waals surface area contributed by atoms with Crippen molar-refractivity contribution in [2.45, 2.75) is 31.8 Å². The highest BCUT2D eigenvalue weighted by Crippen LogP contribution is 2.20. The van der Waals surface area contributed by atoms with Gasteiger partial charge in [-0.05, 0) is 20.9 Å². The molecular weight excluding hydrogens is 280 g/mol. The molecule has 20 heavy (non-hydrogen) atoms. The van der Waals surface area contributed by atoms with Gasteiger partial charge in [-0.1, -0.05) is 0 Å². The van der Waals surface area contributed by atoms with Crippen molar-refractivity contribution < 1.29 is 12.8 Å². The van der Waals surface area contributed by atoms with Gasteiger partial charge in [0.15, 0.2) is 0 Å².